The van der Waals surface area contributed by atoms with Crippen LogP contribution in [0.1, 0.15) is 24.6 Å². The molecule has 1 N–H and O–H groups in total. The van der Waals surface area contributed by atoms with Gasteiger partial charge < -0.3 is 10.1 Å². The predicted octanol–water partition coefficient (Wildman–Crippen LogP) is 6.18. The van der Waals surface area contributed by atoms with Crippen LogP contribution in [-0.2, 0) is 12.1 Å². The lowest BCUT2D eigenvalue weighted by atomic mass is 10.1. The van der Waals surface area contributed by atoms with Crippen LogP contribution in [-0.4, -0.2) is 21.5 Å². The molecule has 0 aliphatic carbocycles. The van der Waals surface area contributed by atoms with Crippen molar-refractivity contribution in [2.45, 2.75) is 25.4 Å². The fourth-order valence-electron chi connectivity index (χ4n) is 2.25. The highest BCUT2D eigenvalue weighted by atomic mass is 35.5. The predicted molar refractivity (Wildman–Crippen MR) is 112 cm³/mol. The van der Waals surface area contributed by atoms with Crippen LogP contribution >= 0.6 is 23.2 Å². The van der Waals surface area contributed by atoms with E-state index in [4.69, 9.17) is 27.9 Å². The molecular formula is C20H19Cl2F3N4O. The standard InChI is InChI=1S/C20H19Cl2F3N4O/c1-3-14(8-9-26-19-18(22)16(10-21)28-12-29-19)5-4-13(2)30-17-7-6-15(11-27-17)20(23,24)25/h3-7,11-12H,2,8-10H2,1H3,(H,26,28,29)/b5-4-,14-3+. The average molecular weight is 459 g/mol. The Labute approximate surface area is 182 Å². The Bertz CT molecular complexity index is 929. The molecule has 0 aromatic carbocycles. The van der Waals surface area contributed by atoms with Gasteiger partial charge in [-0.15, -0.1) is 11.6 Å². The molecule has 30 heavy (non-hydrogen) atoms. The Balaban J connectivity index is 1.87. The van der Waals surface area contributed by atoms with Gasteiger partial charge in [0.15, 0.2) is 0 Å². The van der Waals surface area contributed by atoms with E-state index < -0.39 is 11.7 Å². The monoisotopic (exact) mass is 458 g/mol. The van der Waals surface area contributed by atoms with E-state index in [9.17, 15) is 13.2 Å². The number of aromatic nitrogens is 3. The molecule has 2 aromatic heterocycles. The molecule has 2 rings (SSSR count). The van der Waals surface area contributed by atoms with Gasteiger partial charge in [-0.2, -0.15) is 13.2 Å². The van der Waals surface area contributed by atoms with Crippen LogP contribution < -0.4 is 10.1 Å². The van der Waals surface area contributed by atoms with E-state index in [2.05, 4.69) is 26.8 Å². The Kier molecular flexibility index (Phi) is 8.68. The number of anilines is 1. The summed E-state index contributed by atoms with van der Waals surface area (Å²) >= 11 is 11.9. The van der Waals surface area contributed by atoms with Gasteiger partial charge in [-0.3, -0.25) is 0 Å². The molecule has 5 nitrogen and oxygen atoms in total. The fourth-order valence-corrected chi connectivity index (χ4v) is 2.75. The van der Waals surface area contributed by atoms with Crippen LogP contribution in [0.5, 0.6) is 5.88 Å². The molecule has 0 aliphatic heterocycles. The minimum atomic E-state index is -4.45. The Hall–Kier alpha value is -2.58. The fraction of sp³-hybridized carbons (Fsp3) is 0.250. The summed E-state index contributed by atoms with van der Waals surface area (Å²) in [5.74, 6) is 0.951. The number of ether oxygens (including phenoxy) is 1. The highest BCUT2D eigenvalue weighted by molar-refractivity contribution is 6.34. The quantitative estimate of drug-likeness (QED) is 0.276. The summed E-state index contributed by atoms with van der Waals surface area (Å²) in [7, 11) is 0. The van der Waals surface area contributed by atoms with Gasteiger partial charge in [0, 0.05) is 18.8 Å². The maximum atomic E-state index is 12.6. The third-order valence-electron chi connectivity index (χ3n) is 3.85. The van der Waals surface area contributed by atoms with E-state index in [1.807, 2.05) is 13.0 Å². The zero-order valence-electron chi connectivity index (χ0n) is 16.0. The molecule has 0 radical (unpaired) electrons. The molecule has 160 valence electrons. The number of halogens is 5. The van der Waals surface area contributed by atoms with Crippen molar-refractivity contribution in [1.82, 2.24) is 15.0 Å². The molecule has 0 spiro atoms. The van der Waals surface area contributed by atoms with Gasteiger partial charge in [0.1, 0.15) is 22.9 Å². The molecule has 0 atom stereocenters. The van der Waals surface area contributed by atoms with Crippen molar-refractivity contribution >= 4 is 29.0 Å². The largest absolute Gasteiger partial charge is 0.440 e. The van der Waals surface area contributed by atoms with E-state index in [1.165, 1.54) is 6.33 Å². The number of pyridine rings is 1. The van der Waals surface area contributed by atoms with Crippen LogP contribution in [0.3, 0.4) is 0 Å². The Morgan fingerprint density at radius 1 is 1.23 bits per heavy atom. The van der Waals surface area contributed by atoms with E-state index in [1.54, 1.807) is 12.2 Å². The smallest absolute Gasteiger partial charge is 0.417 e. The Morgan fingerprint density at radius 3 is 2.60 bits per heavy atom. The molecular weight excluding hydrogens is 440 g/mol. The van der Waals surface area contributed by atoms with Gasteiger partial charge in [0.25, 0.3) is 0 Å². The van der Waals surface area contributed by atoms with Crippen molar-refractivity contribution in [3.8, 4) is 5.88 Å². The summed E-state index contributed by atoms with van der Waals surface area (Å²) in [4.78, 5) is 11.7. The van der Waals surface area contributed by atoms with E-state index in [-0.39, 0.29) is 17.5 Å². The lowest BCUT2D eigenvalue weighted by Crippen LogP contribution is -2.06. The van der Waals surface area contributed by atoms with Gasteiger partial charge in [-0.1, -0.05) is 35.9 Å². The molecule has 0 saturated heterocycles. The maximum absolute atomic E-state index is 12.6. The third kappa shape index (κ3) is 7.03. The number of alkyl halides is 4. The lowest BCUT2D eigenvalue weighted by Gasteiger charge is -2.09. The third-order valence-corrected chi connectivity index (χ3v) is 4.50. The second kappa shape index (κ2) is 11.0. The van der Waals surface area contributed by atoms with Crippen molar-refractivity contribution in [2.24, 2.45) is 0 Å². The number of rotatable bonds is 9. The van der Waals surface area contributed by atoms with Gasteiger partial charge in [0.05, 0.1) is 17.1 Å². The molecule has 0 bridgehead atoms. The van der Waals surface area contributed by atoms with Crippen molar-refractivity contribution in [2.75, 3.05) is 11.9 Å². The summed E-state index contributed by atoms with van der Waals surface area (Å²) in [6, 6.07) is 2.04. The normalized spacial score (nSPS) is 12.3. The summed E-state index contributed by atoms with van der Waals surface area (Å²) in [6.07, 6.45) is 3.61. The lowest BCUT2D eigenvalue weighted by molar-refractivity contribution is -0.137. The first-order valence-corrected chi connectivity index (χ1v) is 9.68. The van der Waals surface area contributed by atoms with E-state index >= 15 is 0 Å². The first-order chi connectivity index (χ1) is 14.2. The minimum absolute atomic E-state index is 0.0230. The minimum Gasteiger partial charge on any atom is -0.440 e. The van der Waals surface area contributed by atoms with E-state index in [0.717, 1.165) is 17.7 Å². The summed E-state index contributed by atoms with van der Waals surface area (Å²) in [5, 5.41) is 3.51. The number of nitrogens with zero attached hydrogens (tertiary/aromatic N) is 3. The van der Waals surface area contributed by atoms with Crippen molar-refractivity contribution in [3.63, 3.8) is 0 Å². The zero-order chi connectivity index (χ0) is 22.1. The van der Waals surface area contributed by atoms with Crippen LogP contribution in [0.2, 0.25) is 5.02 Å². The molecule has 2 heterocycles. The first-order valence-electron chi connectivity index (χ1n) is 8.77. The van der Waals surface area contributed by atoms with Crippen LogP contribution in [0.25, 0.3) is 0 Å². The van der Waals surface area contributed by atoms with Gasteiger partial charge in [-0.05, 0) is 25.5 Å². The maximum Gasteiger partial charge on any atom is 0.417 e. The van der Waals surface area contributed by atoms with E-state index in [0.29, 0.717) is 35.7 Å². The molecule has 2 aromatic rings. The van der Waals surface area contributed by atoms with Crippen molar-refractivity contribution in [1.29, 1.82) is 0 Å². The molecule has 0 saturated carbocycles. The number of allylic oxidation sites excluding steroid dienone is 3. The Morgan fingerprint density at radius 2 is 2.00 bits per heavy atom. The van der Waals surface area contributed by atoms with Gasteiger partial charge in [0.2, 0.25) is 5.88 Å². The summed E-state index contributed by atoms with van der Waals surface area (Å²) in [5.41, 5.74) is 0.671. The highest BCUT2D eigenvalue weighted by Gasteiger charge is 2.30. The van der Waals surface area contributed by atoms with Crippen LogP contribution in [0.4, 0.5) is 19.0 Å². The molecule has 0 unspecified atom stereocenters. The number of hydrogen-bond donors (Lipinski definition) is 1. The summed E-state index contributed by atoms with van der Waals surface area (Å²) in [6.45, 7) is 6.16. The SMILES string of the molecule is C=C(/C=C\C(=C/C)CCNc1ncnc(CCl)c1Cl)Oc1ccc(C(F)(F)F)cn1. The average Bonchev–Trinajstić information content (AvgIpc) is 2.71. The number of hydrogen-bond acceptors (Lipinski definition) is 5. The van der Waals surface area contributed by atoms with Crippen LogP contribution in [0.15, 0.2) is 60.8 Å². The number of nitrogens with one attached hydrogen (secondary N) is 1. The van der Waals surface area contributed by atoms with Gasteiger partial charge in [-0.25, -0.2) is 15.0 Å². The highest BCUT2D eigenvalue weighted by Crippen LogP contribution is 2.29. The molecule has 0 aliphatic rings. The molecule has 0 fully saturated rings. The zero-order valence-corrected chi connectivity index (χ0v) is 17.5. The molecule has 0 amide bonds. The first kappa shape index (κ1) is 23.7. The van der Waals surface area contributed by atoms with Crippen molar-refractivity contribution < 1.29 is 17.9 Å². The summed E-state index contributed by atoms with van der Waals surface area (Å²) < 4.78 is 43.0. The van der Waals surface area contributed by atoms with Gasteiger partial charge >= 0.3 is 6.18 Å². The molecule has 10 heteroatoms. The van der Waals surface area contributed by atoms with Crippen LogP contribution in [0, 0.1) is 0 Å². The van der Waals surface area contributed by atoms with Crippen molar-refractivity contribution in [3.05, 3.63) is 77.1 Å². The second-order valence-corrected chi connectivity index (χ2v) is 6.59. The topological polar surface area (TPSA) is 59.9 Å². The second-order valence-electron chi connectivity index (χ2n) is 5.94.